The number of hydrogen-bond acceptors (Lipinski definition) is 5. The van der Waals surface area contributed by atoms with Crippen molar-refractivity contribution in [3.8, 4) is 0 Å². The van der Waals surface area contributed by atoms with E-state index < -0.39 is 5.41 Å². The topological polar surface area (TPSA) is 90.5 Å². The van der Waals surface area contributed by atoms with Crippen LogP contribution in [-0.2, 0) is 4.79 Å². The molecule has 0 bridgehead atoms. The second-order valence-corrected chi connectivity index (χ2v) is 10.3. The largest absolute Gasteiger partial charge is 0.355 e. The lowest BCUT2D eigenvalue weighted by molar-refractivity contribution is -0.132. The van der Waals surface area contributed by atoms with Gasteiger partial charge in [-0.2, -0.15) is 0 Å². The van der Waals surface area contributed by atoms with E-state index in [4.69, 9.17) is 0 Å². The lowest BCUT2D eigenvalue weighted by Gasteiger charge is -2.33. The van der Waals surface area contributed by atoms with E-state index in [-0.39, 0.29) is 17.9 Å². The second-order valence-electron chi connectivity index (χ2n) is 10.3. The summed E-state index contributed by atoms with van der Waals surface area (Å²) in [5.41, 5.74) is -0.492. The number of amides is 3. The van der Waals surface area contributed by atoms with Gasteiger partial charge in [-0.3, -0.25) is 4.79 Å². The van der Waals surface area contributed by atoms with E-state index in [1.807, 2.05) is 11.0 Å². The monoisotopic (exact) mass is 440 g/mol. The lowest BCUT2D eigenvalue weighted by Crippen LogP contribution is -2.50. The summed E-state index contributed by atoms with van der Waals surface area (Å²) in [5.74, 6) is 1.55. The van der Waals surface area contributed by atoms with Crippen molar-refractivity contribution in [2.24, 2.45) is 17.3 Å². The fourth-order valence-corrected chi connectivity index (χ4v) is 5.84. The van der Waals surface area contributed by atoms with Crippen molar-refractivity contribution in [2.45, 2.75) is 63.8 Å². The zero-order valence-corrected chi connectivity index (χ0v) is 19.0. The Morgan fingerprint density at radius 3 is 2.56 bits per heavy atom. The lowest BCUT2D eigenvalue weighted by atomic mass is 9.74. The van der Waals surface area contributed by atoms with Crippen molar-refractivity contribution < 1.29 is 9.59 Å². The van der Waals surface area contributed by atoms with E-state index in [9.17, 15) is 9.59 Å². The normalized spacial score (nSPS) is 28.7. The molecule has 174 valence electrons. The second kappa shape index (κ2) is 9.24. The molecular weight excluding hydrogens is 404 g/mol. The first kappa shape index (κ1) is 21.5. The maximum atomic E-state index is 13.6. The van der Waals surface area contributed by atoms with Crippen LogP contribution in [0.5, 0.6) is 0 Å². The fraction of sp³-hybridized carbons (Fsp3) is 0.750. The molecule has 2 aliphatic carbocycles. The number of hydrogen-bond donors (Lipinski definition) is 2. The molecule has 2 aliphatic heterocycles. The number of nitrogens with one attached hydrogen (secondary N) is 2. The minimum atomic E-state index is -0.492. The Hall–Kier alpha value is -2.38. The molecule has 2 N–H and O–H groups in total. The highest BCUT2D eigenvalue weighted by molar-refractivity contribution is 5.85. The third-order valence-corrected chi connectivity index (χ3v) is 7.94. The van der Waals surface area contributed by atoms with E-state index in [0.717, 1.165) is 32.2 Å². The van der Waals surface area contributed by atoms with Crippen LogP contribution >= 0.6 is 0 Å². The Bertz CT molecular complexity index is 810. The van der Waals surface area contributed by atoms with Crippen molar-refractivity contribution in [3.05, 3.63) is 18.5 Å². The van der Waals surface area contributed by atoms with Gasteiger partial charge in [0.25, 0.3) is 0 Å². The molecule has 4 fully saturated rings. The van der Waals surface area contributed by atoms with Crippen LogP contribution in [0.3, 0.4) is 0 Å². The predicted molar refractivity (Wildman–Crippen MR) is 122 cm³/mol. The first-order valence-electron chi connectivity index (χ1n) is 12.5. The van der Waals surface area contributed by atoms with Crippen LogP contribution in [0, 0.1) is 17.3 Å². The van der Waals surface area contributed by atoms with Crippen molar-refractivity contribution in [3.63, 3.8) is 0 Å². The maximum absolute atomic E-state index is 13.6. The van der Waals surface area contributed by atoms with Crippen molar-refractivity contribution in [1.29, 1.82) is 0 Å². The van der Waals surface area contributed by atoms with E-state index in [0.29, 0.717) is 44.1 Å². The number of carbonyl (C=O) groups is 2. The van der Waals surface area contributed by atoms with Gasteiger partial charge in [0, 0.05) is 57.1 Å². The number of rotatable bonds is 5. The van der Waals surface area contributed by atoms with Crippen molar-refractivity contribution >= 4 is 17.9 Å². The predicted octanol–water partition coefficient (Wildman–Crippen LogP) is 2.56. The number of nitrogens with zero attached hydrogens (tertiary/aromatic N) is 4. The molecule has 3 amide bonds. The van der Waals surface area contributed by atoms with Gasteiger partial charge < -0.3 is 20.4 Å². The van der Waals surface area contributed by atoms with Crippen molar-refractivity contribution in [1.82, 2.24) is 25.5 Å². The zero-order chi connectivity index (χ0) is 22.0. The van der Waals surface area contributed by atoms with Gasteiger partial charge in [0.05, 0.1) is 5.41 Å². The van der Waals surface area contributed by atoms with Gasteiger partial charge in [0.2, 0.25) is 11.9 Å². The summed E-state index contributed by atoms with van der Waals surface area (Å²) in [7, 11) is 0. The van der Waals surface area contributed by atoms with Crippen LogP contribution in [0.2, 0.25) is 0 Å². The summed E-state index contributed by atoms with van der Waals surface area (Å²) in [5, 5.41) is 6.54. The number of anilines is 1. The Kier molecular flexibility index (Phi) is 6.20. The number of urea groups is 1. The van der Waals surface area contributed by atoms with Gasteiger partial charge in [0.1, 0.15) is 0 Å². The van der Waals surface area contributed by atoms with E-state index >= 15 is 0 Å². The SMILES string of the molecule is O=C(NC1CCCCC1)N1CCC[C@]2(C(=O)NCC3CC3)CN(c3ncccn3)C[C@@H]2C1. The molecule has 4 aliphatic rings. The van der Waals surface area contributed by atoms with Gasteiger partial charge in [0.15, 0.2) is 0 Å². The van der Waals surface area contributed by atoms with E-state index in [1.165, 1.54) is 32.1 Å². The average molecular weight is 441 g/mol. The number of likely N-dealkylation sites (tertiary alicyclic amines) is 1. The molecule has 1 aromatic heterocycles. The summed E-state index contributed by atoms with van der Waals surface area (Å²) in [6.45, 7) is 3.43. The minimum absolute atomic E-state index is 0.0421. The molecule has 2 saturated heterocycles. The van der Waals surface area contributed by atoms with E-state index in [2.05, 4.69) is 25.5 Å². The Morgan fingerprint density at radius 1 is 1.03 bits per heavy atom. The quantitative estimate of drug-likeness (QED) is 0.734. The molecule has 2 saturated carbocycles. The Balaban J connectivity index is 1.32. The molecule has 8 nitrogen and oxygen atoms in total. The first-order valence-corrected chi connectivity index (χ1v) is 12.5. The standard InChI is InChI=1S/C24H36N6O2/c31-21(27-14-18-8-9-18)24-10-4-13-29(23(32)28-20-6-2-1-3-7-20)15-19(24)16-30(17-24)22-25-11-5-12-26-22/h5,11-12,18-20H,1-4,6-10,13-17H2,(H,27,31)(H,28,32)/t19-,24-/m0/s1. The van der Waals surface area contributed by atoms with Crippen molar-refractivity contribution in [2.75, 3.05) is 37.6 Å². The average Bonchev–Trinajstić information content (AvgIpc) is 3.61. The van der Waals surface area contributed by atoms with Crippen LogP contribution in [0.25, 0.3) is 0 Å². The number of aromatic nitrogens is 2. The third-order valence-electron chi connectivity index (χ3n) is 7.94. The molecule has 0 radical (unpaired) electrons. The molecule has 0 unspecified atom stereocenters. The molecular formula is C24H36N6O2. The summed E-state index contributed by atoms with van der Waals surface area (Å²) >= 11 is 0. The van der Waals surface area contributed by atoms with Crippen LogP contribution in [0.4, 0.5) is 10.7 Å². The highest BCUT2D eigenvalue weighted by Crippen LogP contribution is 2.44. The smallest absolute Gasteiger partial charge is 0.317 e. The zero-order valence-electron chi connectivity index (χ0n) is 19.0. The Labute approximate surface area is 190 Å². The molecule has 8 heteroatoms. The molecule has 1 aromatic rings. The van der Waals surface area contributed by atoms with Gasteiger partial charge in [-0.05, 0) is 50.5 Å². The minimum Gasteiger partial charge on any atom is -0.355 e. The fourth-order valence-electron chi connectivity index (χ4n) is 5.84. The van der Waals surface area contributed by atoms with Gasteiger partial charge in [-0.25, -0.2) is 14.8 Å². The number of fused-ring (bicyclic) bond motifs is 1. The number of carbonyl (C=O) groups excluding carboxylic acids is 2. The third kappa shape index (κ3) is 4.55. The summed E-state index contributed by atoms with van der Waals surface area (Å²) in [6.07, 6.45) is 13.4. The molecule has 0 aromatic carbocycles. The first-order chi connectivity index (χ1) is 15.6. The molecule has 2 atom stereocenters. The van der Waals surface area contributed by atoms with Crippen LogP contribution in [0.1, 0.15) is 57.8 Å². The van der Waals surface area contributed by atoms with Gasteiger partial charge in [-0.1, -0.05) is 19.3 Å². The Morgan fingerprint density at radius 2 is 1.81 bits per heavy atom. The maximum Gasteiger partial charge on any atom is 0.317 e. The molecule has 0 spiro atoms. The summed E-state index contributed by atoms with van der Waals surface area (Å²) in [4.78, 5) is 39.7. The van der Waals surface area contributed by atoms with Crippen LogP contribution < -0.4 is 15.5 Å². The summed E-state index contributed by atoms with van der Waals surface area (Å²) < 4.78 is 0. The van der Waals surface area contributed by atoms with E-state index in [1.54, 1.807) is 12.4 Å². The molecule has 32 heavy (non-hydrogen) atoms. The highest BCUT2D eigenvalue weighted by Gasteiger charge is 2.54. The molecule has 5 rings (SSSR count). The van der Waals surface area contributed by atoms with Crippen LogP contribution in [0.15, 0.2) is 18.5 Å². The van der Waals surface area contributed by atoms with Gasteiger partial charge >= 0.3 is 6.03 Å². The molecule has 3 heterocycles. The summed E-state index contributed by atoms with van der Waals surface area (Å²) in [6, 6.07) is 2.15. The van der Waals surface area contributed by atoms with Gasteiger partial charge in [-0.15, -0.1) is 0 Å². The highest BCUT2D eigenvalue weighted by atomic mass is 16.2. The van der Waals surface area contributed by atoms with Crippen LogP contribution in [-0.4, -0.2) is 65.6 Å².